The van der Waals surface area contributed by atoms with Crippen LogP contribution in [0.2, 0.25) is 0 Å². The lowest BCUT2D eigenvalue weighted by Gasteiger charge is -2.22. The maximum absolute atomic E-state index is 12.8. The van der Waals surface area contributed by atoms with E-state index in [1.807, 2.05) is 74.0 Å². The maximum atomic E-state index is 12.8. The molecule has 1 amide bonds. The second-order valence-electron chi connectivity index (χ2n) is 5.98. The van der Waals surface area contributed by atoms with Crippen LogP contribution in [0.5, 0.6) is 0 Å². The first kappa shape index (κ1) is 16.9. The van der Waals surface area contributed by atoms with Crippen molar-refractivity contribution >= 4 is 5.91 Å². The number of benzene rings is 2. The number of aryl methyl sites for hydroxylation is 1. The molecule has 3 rings (SSSR count). The molecule has 0 fully saturated rings. The third kappa shape index (κ3) is 4.14. The first-order chi connectivity index (χ1) is 12.2. The number of rotatable bonds is 6. The third-order valence-electron chi connectivity index (χ3n) is 4.07. The number of hydrogen-bond donors (Lipinski definition) is 1. The molecular formula is C20H22N4O. The SMILES string of the molecule is Cn1cc(-c2ccc(C(=O)N(CCN)Cc3ccccc3)cc2)cn1. The summed E-state index contributed by atoms with van der Waals surface area (Å²) in [7, 11) is 1.88. The van der Waals surface area contributed by atoms with Crippen LogP contribution < -0.4 is 5.73 Å². The van der Waals surface area contributed by atoms with Crippen molar-refractivity contribution in [2.45, 2.75) is 6.54 Å². The molecule has 5 heteroatoms. The molecule has 0 bridgehead atoms. The Hall–Kier alpha value is -2.92. The van der Waals surface area contributed by atoms with Crippen molar-refractivity contribution < 1.29 is 4.79 Å². The average molecular weight is 334 g/mol. The van der Waals surface area contributed by atoms with Crippen molar-refractivity contribution in [3.63, 3.8) is 0 Å². The van der Waals surface area contributed by atoms with Crippen molar-refractivity contribution in [2.75, 3.05) is 13.1 Å². The van der Waals surface area contributed by atoms with E-state index in [2.05, 4.69) is 5.10 Å². The number of hydrogen-bond acceptors (Lipinski definition) is 3. The Morgan fingerprint density at radius 2 is 1.80 bits per heavy atom. The van der Waals surface area contributed by atoms with Crippen LogP contribution in [0.25, 0.3) is 11.1 Å². The monoisotopic (exact) mass is 334 g/mol. The molecule has 2 N–H and O–H groups in total. The number of aromatic nitrogens is 2. The van der Waals surface area contributed by atoms with Gasteiger partial charge in [0.15, 0.2) is 0 Å². The Balaban J connectivity index is 1.77. The summed E-state index contributed by atoms with van der Waals surface area (Å²) in [6.07, 6.45) is 3.76. The second kappa shape index (κ2) is 7.77. The van der Waals surface area contributed by atoms with Gasteiger partial charge in [-0.1, -0.05) is 42.5 Å². The van der Waals surface area contributed by atoms with E-state index in [9.17, 15) is 4.79 Å². The molecule has 128 valence electrons. The Kier molecular flexibility index (Phi) is 5.26. The van der Waals surface area contributed by atoms with Crippen LogP contribution in [-0.2, 0) is 13.6 Å². The van der Waals surface area contributed by atoms with Gasteiger partial charge in [0.2, 0.25) is 0 Å². The lowest BCUT2D eigenvalue weighted by molar-refractivity contribution is 0.0748. The summed E-state index contributed by atoms with van der Waals surface area (Å²) in [5.74, 6) is -0.00737. The number of carbonyl (C=O) groups is 1. The minimum absolute atomic E-state index is 0.00737. The molecule has 0 aliphatic carbocycles. The van der Waals surface area contributed by atoms with Crippen molar-refractivity contribution in [1.29, 1.82) is 0 Å². The van der Waals surface area contributed by atoms with Crippen molar-refractivity contribution in [3.8, 4) is 11.1 Å². The van der Waals surface area contributed by atoms with Gasteiger partial charge in [-0.25, -0.2) is 0 Å². The minimum atomic E-state index is -0.00737. The van der Waals surface area contributed by atoms with Crippen LogP contribution in [0, 0.1) is 0 Å². The Bertz CT molecular complexity index is 824. The summed E-state index contributed by atoms with van der Waals surface area (Å²) in [6, 6.07) is 17.6. The summed E-state index contributed by atoms with van der Waals surface area (Å²) in [5, 5.41) is 4.18. The molecule has 0 saturated carbocycles. The summed E-state index contributed by atoms with van der Waals surface area (Å²) in [4.78, 5) is 14.6. The van der Waals surface area contributed by atoms with Gasteiger partial charge in [0, 0.05) is 44.0 Å². The van der Waals surface area contributed by atoms with Gasteiger partial charge >= 0.3 is 0 Å². The molecule has 0 spiro atoms. The predicted molar refractivity (Wildman–Crippen MR) is 98.9 cm³/mol. The van der Waals surface area contributed by atoms with Crippen LogP contribution in [0.4, 0.5) is 0 Å². The highest BCUT2D eigenvalue weighted by Gasteiger charge is 2.15. The molecule has 25 heavy (non-hydrogen) atoms. The predicted octanol–water partition coefficient (Wildman–Crippen LogP) is 2.69. The van der Waals surface area contributed by atoms with E-state index in [0.717, 1.165) is 16.7 Å². The fourth-order valence-electron chi connectivity index (χ4n) is 2.77. The van der Waals surface area contributed by atoms with E-state index >= 15 is 0 Å². The third-order valence-corrected chi connectivity index (χ3v) is 4.07. The highest BCUT2D eigenvalue weighted by molar-refractivity contribution is 5.94. The molecule has 2 aromatic carbocycles. The topological polar surface area (TPSA) is 64.2 Å². The zero-order valence-electron chi connectivity index (χ0n) is 14.3. The number of nitrogens with two attached hydrogens (primary N) is 1. The summed E-state index contributed by atoms with van der Waals surface area (Å²) >= 11 is 0. The summed E-state index contributed by atoms with van der Waals surface area (Å²) < 4.78 is 1.76. The highest BCUT2D eigenvalue weighted by atomic mass is 16.2. The van der Waals surface area contributed by atoms with Gasteiger partial charge in [0.25, 0.3) is 5.91 Å². The van der Waals surface area contributed by atoms with Gasteiger partial charge in [-0.05, 0) is 23.3 Å². The van der Waals surface area contributed by atoms with Gasteiger partial charge in [-0.3, -0.25) is 9.48 Å². The largest absolute Gasteiger partial charge is 0.333 e. The Morgan fingerprint density at radius 3 is 2.40 bits per heavy atom. The second-order valence-corrected chi connectivity index (χ2v) is 5.98. The van der Waals surface area contributed by atoms with Crippen LogP contribution in [0.3, 0.4) is 0 Å². The van der Waals surface area contributed by atoms with E-state index in [1.165, 1.54) is 0 Å². The first-order valence-electron chi connectivity index (χ1n) is 8.30. The molecule has 3 aromatic rings. The van der Waals surface area contributed by atoms with Crippen LogP contribution in [-0.4, -0.2) is 33.7 Å². The van der Waals surface area contributed by atoms with E-state index in [4.69, 9.17) is 5.73 Å². The van der Waals surface area contributed by atoms with Crippen molar-refractivity contribution in [2.24, 2.45) is 12.8 Å². The molecule has 0 unspecified atom stereocenters. The fourth-order valence-corrected chi connectivity index (χ4v) is 2.77. The van der Waals surface area contributed by atoms with Gasteiger partial charge in [0.05, 0.1) is 6.20 Å². The zero-order chi connectivity index (χ0) is 17.6. The molecule has 0 saturated heterocycles. The molecular weight excluding hydrogens is 312 g/mol. The van der Waals surface area contributed by atoms with E-state index in [1.54, 1.807) is 9.58 Å². The fraction of sp³-hybridized carbons (Fsp3) is 0.200. The summed E-state index contributed by atoms with van der Waals surface area (Å²) in [5.41, 5.74) is 9.53. The summed E-state index contributed by atoms with van der Waals surface area (Å²) in [6.45, 7) is 1.52. The molecule has 0 atom stereocenters. The standard InChI is InChI=1S/C20H22N4O/c1-23-15-19(13-22-23)17-7-9-18(10-8-17)20(25)24(12-11-21)14-16-5-3-2-4-6-16/h2-10,13,15H,11-12,14,21H2,1H3. The van der Waals surface area contributed by atoms with Crippen LogP contribution >= 0.6 is 0 Å². The van der Waals surface area contributed by atoms with E-state index in [0.29, 0.717) is 25.2 Å². The number of carbonyl (C=O) groups excluding carboxylic acids is 1. The smallest absolute Gasteiger partial charge is 0.254 e. The van der Waals surface area contributed by atoms with Gasteiger partial charge in [-0.15, -0.1) is 0 Å². The molecule has 0 aliphatic heterocycles. The van der Waals surface area contributed by atoms with Gasteiger partial charge in [0.1, 0.15) is 0 Å². The van der Waals surface area contributed by atoms with Crippen LogP contribution in [0.1, 0.15) is 15.9 Å². The minimum Gasteiger partial charge on any atom is -0.333 e. The van der Waals surface area contributed by atoms with Gasteiger partial charge < -0.3 is 10.6 Å². The molecule has 5 nitrogen and oxygen atoms in total. The highest BCUT2D eigenvalue weighted by Crippen LogP contribution is 2.19. The average Bonchev–Trinajstić information content (AvgIpc) is 3.08. The quantitative estimate of drug-likeness (QED) is 0.754. The van der Waals surface area contributed by atoms with Gasteiger partial charge in [-0.2, -0.15) is 5.10 Å². The zero-order valence-corrected chi connectivity index (χ0v) is 14.3. The van der Waals surface area contributed by atoms with E-state index in [-0.39, 0.29) is 5.91 Å². The van der Waals surface area contributed by atoms with E-state index < -0.39 is 0 Å². The van der Waals surface area contributed by atoms with Crippen molar-refractivity contribution in [3.05, 3.63) is 78.1 Å². The lowest BCUT2D eigenvalue weighted by atomic mass is 10.1. The Labute approximate surface area is 147 Å². The first-order valence-corrected chi connectivity index (χ1v) is 8.30. The maximum Gasteiger partial charge on any atom is 0.254 e. The number of amides is 1. The van der Waals surface area contributed by atoms with Crippen molar-refractivity contribution in [1.82, 2.24) is 14.7 Å². The van der Waals surface area contributed by atoms with Crippen LogP contribution in [0.15, 0.2) is 67.0 Å². The molecule has 1 heterocycles. The molecule has 1 aromatic heterocycles. The lowest BCUT2D eigenvalue weighted by Crippen LogP contribution is -2.34. The normalized spacial score (nSPS) is 10.6. The number of nitrogens with zero attached hydrogens (tertiary/aromatic N) is 3. The Morgan fingerprint density at radius 1 is 1.08 bits per heavy atom. The molecule has 0 aliphatic rings. The molecule has 0 radical (unpaired) electrons.